The molecule has 0 aliphatic rings. The Balaban J connectivity index is 1.87. The summed E-state index contributed by atoms with van der Waals surface area (Å²) in [6, 6.07) is 17.1. The van der Waals surface area contributed by atoms with Crippen LogP contribution in [0.5, 0.6) is 5.75 Å². The molecule has 0 unspecified atom stereocenters. The van der Waals surface area contributed by atoms with Gasteiger partial charge in [-0.1, -0.05) is 48.0 Å². The number of rotatable bonds is 9. The Bertz CT molecular complexity index is 1150. The van der Waals surface area contributed by atoms with Gasteiger partial charge >= 0.3 is 0 Å². The first-order chi connectivity index (χ1) is 15.2. The predicted molar refractivity (Wildman–Crippen MR) is 119 cm³/mol. The molecule has 1 atom stereocenters. The minimum absolute atomic E-state index is 0.0544. The normalized spacial score (nSPS) is 12.7. The molecule has 0 aliphatic heterocycles. The van der Waals surface area contributed by atoms with Gasteiger partial charge in [-0.15, -0.1) is 0 Å². The van der Waals surface area contributed by atoms with Crippen molar-refractivity contribution in [3.8, 4) is 5.75 Å². The fraction of sp³-hybridized carbons (Fsp3) is 0.250. The molecule has 0 spiro atoms. The molecule has 170 valence electrons. The van der Waals surface area contributed by atoms with Crippen molar-refractivity contribution in [3.05, 3.63) is 101 Å². The Kier molecular flexibility index (Phi) is 7.60. The van der Waals surface area contributed by atoms with Gasteiger partial charge < -0.3 is 9.84 Å². The molecule has 3 aromatic carbocycles. The third-order valence-corrected chi connectivity index (χ3v) is 6.86. The van der Waals surface area contributed by atoms with Crippen molar-refractivity contribution >= 4 is 10.0 Å². The van der Waals surface area contributed by atoms with E-state index >= 15 is 0 Å². The molecule has 0 aromatic heterocycles. The van der Waals surface area contributed by atoms with Gasteiger partial charge in [0.05, 0.1) is 19.0 Å². The molecule has 0 saturated carbocycles. The van der Waals surface area contributed by atoms with E-state index in [2.05, 4.69) is 0 Å². The van der Waals surface area contributed by atoms with Crippen LogP contribution in [0.1, 0.15) is 28.4 Å². The lowest BCUT2D eigenvalue weighted by molar-refractivity contribution is 0.193. The molecule has 8 heteroatoms. The number of methoxy groups -OCH3 is 1. The average Bonchev–Trinajstić information content (AvgIpc) is 2.74. The number of hydrogen-bond donors (Lipinski definition) is 1. The van der Waals surface area contributed by atoms with Crippen molar-refractivity contribution in [1.82, 2.24) is 4.31 Å². The van der Waals surface area contributed by atoms with E-state index in [9.17, 15) is 22.3 Å². The molecular formula is C24H25F2NO4S. The van der Waals surface area contributed by atoms with Crippen LogP contribution in [-0.4, -0.2) is 30.7 Å². The summed E-state index contributed by atoms with van der Waals surface area (Å²) < 4.78 is 60.1. The standard InChI is InChI=1S/C24H25F2NO4S/c1-17-3-5-18(6-4-17)14-27(15-19-7-10-21(31-2)11-8-19)32(29,30)16-24(28)22-12-9-20(25)13-23(22)26/h3-13,24,28H,14-16H2,1-2H3/t24-/m0/s1. The lowest BCUT2D eigenvalue weighted by Crippen LogP contribution is -2.34. The van der Waals surface area contributed by atoms with Crippen LogP contribution in [0, 0.1) is 18.6 Å². The fourth-order valence-electron chi connectivity index (χ4n) is 3.25. The summed E-state index contributed by atoms with van der Waals surface area (Å²) in [5.74, 6) is -1.89. The minimum Gasteiger partial charge on any atom is -0.497 e. The zero-order valence-corrected chi connectivity index (χ0v) is 18.6. The van der Waals surface area contributed by atoms with Gasteiger partial charge in [0, 0.05) is 24.7 Å². The highest BCUT2D eigenvalue weighted by molar-refractivity contribution is 7.89. The molecule has 1 N–H and O–H groups in total. The van der Waals surface area contributed by atoms with Gasteiger partial charge in [-0.05, 0) is 36.2 Å². The highest BCUT2D eigenvalue weighted by Gasteiger charge is 2.28. The van der Waals surface area contributed by atoms with Crippen LogP contribution in [-0.2, 0) is 23.1 Å². The average molecular weight is 462 g/mol. The van der Waals surface area contributed by atoms with Crippen LogP contribution in [0.4, 0.5) is 8.78 Å². The van der Waals surface area contributed by atoms with Crippen molar-refractivity contribution < 1.29 is 27.0 Å². The van der Waals surface area contributed by atoms with Crippen molar-refractivity contribution in [2.75, 3.05) is 12.9 Å². The number of ether oxygens (including phenoxy) is 1. The second-order valence-corrected chi connectivity index (χ2v) is 9.58. The second-order valence-electron chi connectivity index (χ2n) is 7.56. The number of aliphatic hydroxyl groups is 1. The van der Waals surface area contributed by atoms with Crippen molar-refractivity contribution in [2.45, 2.75) is 26.1 Å². The number of aryl methyl sites for hydroxylation is 1. The third-order valence-electron chi connectivity index (χ3n) is 5.08. The first-order valence-electron chi connectivity index (χ1n) is 9.97. The molecule has 0 bridgehead atoms. The van der Waals surface area contributed by atoms with E-state index in [-0.39, 0.29) is 18.7 Å². The Labute approximate surface area is 186 Å². The summed E-state index contributed by atoms with van der Waals surface area (Å²) in [6.07, 6.45) is -1.64. The van der Waals surface area contributed by atoms with Gasteiger partial charge in [-0.3, -0.25) is 0 Å². The van der Waals surface area contributed by atoms with Gasteiger partial charge in [0.1, 0.15) is 17.4 Å². The van der Waals surface area contributed by atoms with Crippen molar-refractivity contribution in [2.24, 2.45) is 0 Å². The maximum Gasteiger partial charge on any atom is 0.217 e. The molecule has 32 heavy (non-hydrogen) atoms. The molecule has 5 nitrogen and oxygen atoms in total. The SMILES string of the molecule is COc1ccc(CN(Cc2ccc(C)cc2)S(=O)(=O)C[C@H](O)c2ccc(F)cc2F)cc1. The number of nitrogens with zero attached hydrogens (tertiary/aromatic N) is 1. The molecule has 3 rings (SSSR count). The number of sulfonamides is 1. The molecule has 0 aliphatic carbocycles. The van der Waals surface area contributed by atoms with E-state index in [1.165, 1.54) is 4.31 Å². The number of halogens is 2. The smallest absolute Gasteiger partial charge is 0.217 e. The van der Waals surface area contributed by atoms with Crippen LogP contribution in [0.2, 0.25) is 0 Å². The maximum atomic E-state index is 14.1. The number of aliphatic hydroxyl groups excluding tert-OH is 1. The predicted octanol–water partition coefficient (Wildman–Crippen LogP) is 4.35. The van der Waals surface area contributed by atoms with E-state index < -0.39 is 33.5 Å². The Morgan fingerprint density at radius 1 is 0.938 bits per heavy atom. The Morgan fingerprint density at radius 2 is 1.50 bits per heavy atom. The van der Waals surface area contributed by atoms with Crippen LogP contribution >= 0.6 is 0 Å². The first kappa shape index (κ1) is 23.8. The van der Waals surface area contributed by atoms with Crippen LogP contribution in [0.25, 0.3) is 0 Å². The van der Waals surface area contributed by atoms with Gasteiger partial charge in [-0.2, -0.15) is 4.31 Å². The third kappa shape index (κ3) is 6.12. The lowest BCUT2D eigenvalue weighted by atomic mass is 10.1. The highest BCUT2D eigenvalue weighted by atomic mass is 32.2. The van der Waals surface area contributed by atoms with E-state index in [0.29, 0.717) is 11.8 Å². The van der Waals surface area contributed by atoms with Gasteiger partial charge in [0.15, 0.2) is 0 Å². The molecule has 0 radical (unpaired) electrons. The quantitative estimate of drug-likeness (QED) is 0.515. The van der Waals surface area contributed by atoms with E-state index in [4.69, 9.17) is 4.74 Å². The molecule has 3 aromatic rings. The topological polar surface area (TPSA) is 66.8 Å². The van der Waals surface area contributed by atoms with E-state index in [1.54, 1.807) is 31.4 Å². The molecular weight excluding hydrogens is 436 g/mol. The largest absolute Gasteiger partial charge is 0.497 e. The lowest BCUT2D eigenvalue weighted by Gasteiger charge is -2.24. The molecule has 0 saturated heterocycles. The van der Waals surface area contributed by atoms with Crippen molar-refractivity contribution in [1.29, 1.82) is 0 Å². The summed E-state index contributed by atoms with van der Waals surface area (Å²) in [5, 5.41) is 10.4. The van der Waals surface area contributed by atoms with E-state index in [0.717, 1.165) is 28.8 Å². The van der Waals surface area contributed by atoms with Crippen LogP contribution in [0.15, 0.2) is 66.7 Å². The summed E-state index contributed by atoms with van der Waals surface area (Å²) in [4.78, 5) is 0. The second kappa shape index (κ2) is 10.2. The minimum atomic E-state index is -4.03. The summed E-state index contributed by atoms with van der Waals surface area (Å²) >= 11 is 0. The highest BCUT2D eigenvalue weighted by Crippen LogP contribution is 2.24. The summed E-state index contributed by atoms with van der Waals surface area (Å²) in [6.45, 7) is 2.06. The van der Waals surface area contributed by atoms with E-state index in [1.807, 2.05) is 31.2 Å². The first-order valence-corrected chi connectivity index (χ1v) is 11.6. The van der Waals surface area contributed by atoms with Gasteiger partial charge in [-0.25, -0.2) is 17.2 Å². The monoisotopic (exact) mass is 461 g/mol. The number of benzene rings is 3. The van der Waals surface area contributed by atoms with Crippen LogP contribution < -0.4 is 4.74 Å². The van der Waals surface area contributed by atoms with Crippen LogP contribution in [0.3, 0.4) is 0 Å². The summed E-state index contributed by atoms with van der Waals surface area (Å²) in [5.41, 5.74) is 2.27. The Morgan fingerprint density at radius 3 is 2.03 bits per heavy atom. The Hall–Kier alpha value is -2.81. The van der Waals surface area contributed by atoms with Gasteiger partial charge in [0.25, 0.3) is 0 Å². The van der Waals surface area contributed by atoms with Crippen molar-refractivity contribution in [3.63, 3.8) is 0 Å². The zero-order chi connectivity index (χ0) is 23.3. The number of hydrogen-bond acceptors (Lipinski definition) is 4. The maximum absolute atomic E-state index is 14.1. The fourth-order valence-corrected chi connectivity index (χ4v) is 4.73. The molecule has 0 heterocycles. The zero-order valence-electron chi connectivity index (χ0n) is 17.8. The van der Waals surface area contributed by atoms with Gasteiger partial charge in [0.2, 0.25) is 10.0 Å². The summed E-state index contributed by atoms with van der Waals surface area (Å²) in [7, 11) is -2.49. The molecule has 0 amide bonds. The molecule has 0 fully saturated rings.